The van der Waals surface area contributed by atoms with Crippen LogP contribution >= 0.6 is 15.9 Å². The molecule has 1 N–H and O–H groups in total. The summed E-state index contributed by atoms with van der Waals surface area (Å²) >= 11 is 3.44. The Morgan fingerprint density at radius 2 is 1.85 bits per heavy atom. The number of rotatable bonds is 5. The zero-order valence-electron chi connectivity index (χ0n) is 12.2. The second kappa shape index (κ2) is 6.95. The van der Waals surface area contributed by atoms with Crippen molar-refractivity contribution in [2.24, 2.45) is 5.92 Å². The van der Waals surface area contributed by atoms with E-state index in [0.717, 1.165) is 40.3 Å². The van der Waals surface area contributed by atoms with Crippen LogP contribution in [0.1, 0.15) is 25.2 Å². The molecule has 1 aromatic carbocycles. The molecule has 0 aliphatic carbocycles. The lowest BCUT2D eigenvalue weighted by Crippen LogP contribution is -2.20. The predicted octanol–water partition coefficient (Wildman–Crippen LogP) is 3.96. The normalized spacial score (nSPS) is 11.1. The molecule has 1 aromatic heterocycles. The van der Waals surface area contributed by atoms with E-state index in [1.807, 2.05) is 37.3 Å². The van der Waals surface area contributed by atoms with E-state index in [2.05, 4.69) is 45.1 Å². The van der Waals surface area contributed by atoms with Crippen LogP contribution in [0.25, 0.3) is 11.4 Å². The number of nitrogens with zero attached hydrogens (tertiary/aromatic N) is 2. The summed E-state index contributed by atoms with van der Waals surface area (Å²) in [5, 5.41) is 3.42. The summed E-state index contributed by atoms with van der Waals surface area (Å²) in [5.74, 6) is 1.43. The van der Waals surface area contributed by atoms with Gasteiger partial charge in [0.15, 0.2) is 5.82 Å². The SMILES string of the molecule is Cc1cc(CNCC(C)C)nc(-c2ccc(Br)cc2)n1. The second-order valence-corrected chi connectivity index (χ2v) is 6.27. The number of nitrogens with one attached hydrogen (secondary N) is 1. The summed E-state index contributed by atoms with van der Waals surface area (Å²) in [5.41, 5.74) is 3.08. The van der Waals surface area contributed by atoms with Crippen LogP contribution in [-0.2, 0) is 6.54 Å². The van der Waals surface area contributed by atoms with Crippen molar-refractivity contribution in [1.82, 2.24) is 15.3 Å². The molecule has 3 nitrogen and oxygen atoms in total. The summed E-state index contributed by atoms with van der Waals surface area (Å²) in [4.78, 5) is 9.16. The fourth-order valence-corrected chi connectivity index (χ4v) is 2.21. The van der Waals surface area contributed by atoms with Crippen molar-refractivity contribution in [1.29, 1.82) is 0 Å². The molecule has 2 rings (SSSR count). The lowest BCUT2D eigenvalue weighted by atomic mass is 10.2. The topological polar surface area (TPSA) is 37.8 Å². The Morgan fingerprint density at radius 1 is 1.15 bits per heavy atom. The van der Waals surface area contributed by atoms with Crippen molar-refractivity contribution in [3.63, 3.8) is 0 Å². The van der Waals surface area contributed by atoms with Crippen LogP contribution in [0.2, 0.25) is 0 Å². The quantitative estimate of drug-likeness (QED) is 0.899. The molecule has 0 radical (unpaired) electrons. The fraction of sp³-hybridized carbons (Fsp3) is 0.375. The molecule has 20 heavy (non-hydrogen) atoms. The Kier molecular flexibility index (Phi) is 5.26. The van der Waals surface area contributed by atoms with E-state index in [9.17, 15) is 0 Å². The predicted molar refractivity (Wildman–Crippen MR) is 86.4 cm³/mol. The lowest BCUT2D eigenvalue weighted by molar-refractivity contribution is 0.548. The number of halogens is 1. The molecule has 4 heteroatoms. The molecular weight excluding hydrogens is 314 g/mol. The molecule has 0 saturated carbocycles. The number of aromatic nitrogens is 2. The van der Waals surface area contributed by atoms with Crippen LogP contribution < -0.4 is 5.32 Å². The first-order valence-corrected chi connectivity index (χ1v) is 7.65. The van der Waals surface area contributed by atoms with Crippen LogP contribution in [0.5, 0.6) is 0 Å². The Hall–Kier alpha value is -1.26. The largest absolute Gasteiger partial charge is 0.311 e. The van der Waals surface area contributed by atoms with Gasteiger partial charge in [0.05, 0.1) is 5.69 Å². The maximum Gasteiger partial charge on any atom is 0.159 e. The van der Waals surface area contributed by atoms with Gasteiger partial charge >= 0.3 is 0 Å². The van der Waals surface area contributed by atoms with Crippen molar-refractivity contribution in [3.8, 4) is 11.4 Å². The lowest BCUT2D eigenvalue weighted by Gasteiger charge is -2.09. The molecule has 0 spiro atoms. The third kappa shape index (κ3) is 4.39. The Labute approximate surface area is 129 Å². The van der Waals surface area contributed by atoms with Gasteiger partial charge in [0, 0.05) is 22.3 Å². The van der Waals surface area contributed by atoms with Crippen LogP contribution in [-0.4, -0.2) is 16.5 Å². The van der Waals surface area contributed by atoms with Crippen molar-refractivity contribution in [2.45, 2.75) is 27.3 Å². The summed E-state index contributed by atoms with van der Waals surface area (Å²) in [6.45, 7) is 8.19. The highest BCUT2D eigenvalue weighted by molar-refractivity contribution is 9.10. The summed E-state index contributed by atoms with van der Waals surface area (Å²) in [6, 6.07) is 10.1. The Balaban J connectivity index is 2.18. The van der Waals surface area contributed by atoms with Crippen molar-refractivity contribution < 1.29 is 0 Å². The first-order chi connectivity index (χ1) is 9.54. The van der Waals surface area contributed by atoms with Crippen molar-refractivity contribution >= 4 is 15.9 Å². The van der Waals surface area contributed by atoms with Crippen molar-refractivity contribution in [2.75, 3.05) is 6.54 Å². The van der Waals surface area contributed by atoms with Gasteiger partial charge in [0.25, 0.3) is 0 Å². The van der Waals surface area contributed by atoms with Gasteiger partial charge in [-0.2, -0.15) is 0 Å². The molecule has 0 fully saturated rings. The minimum absolute atomic E-state index is 0.642. The Bertz CT molecular complexity index is 564. The standard InChI is InChI=1S/C16H20BrN3/c1-11(2)9-18-10-15-8-12(3)19-16(20-15)13-4-6-14(17)7-5-13/h4-8,11,18H,9-10H2,1-3H3. The van der Waals surface area contributed by atoms with Crippen molar-refractivity contribution in [3.05, 3.63) is 46.2 Å². The molecule has 0 aliphatic rings. The van der Waals surface area contributed by atoms with E-state index >= 15 is 0 Å². The maximum atomic E-state index is 4.64. The van der Waals surface area contributed by atoms with Gasteiger partial charge in [0.2, 0.25) is 0 Å². The molecule has 0 unspecified atom stereocenters. The molecule has 106 valence electrons. The number of hydrogen-bond acceptors (Lipinski definition) is 3. The summed E-state index contributed by atoms with van der Waals surface area (Å²) in [6.07, 6.45) is 0. The highest BCUT2D eigenvalue weighted by Crippen LogP contribution is 2.19. The fourth-order valence-electron chi connectivity index (χ4n) is 1.94. The van der Waals surface area contributed by atoms with Gasteiger partial charge in [-0.15, -0.1) is 0 Å². The van der Waals surface area contributed by atoms with E-state index < -0.39 is 0 Å². The Morgan fingerprint density at radius 3 is 2.50 bits per heavy atom. The van der Waals surface area contributed by atoms with Crippen LogP contribution in [0.3, 0.4) is 0 Å². The highest BCUT2D eigenvalue weighted by Gasteiger charge is 2.05. The molecule has 0 atom stereocenters. The number of aryl methyl sites for hydroxylation is 1. The highest BCUT2D eigenvalue weighted by atomic mass is 79.9. The van der Waals surface area contributed by atoms with Crippen LogP contribution in [0.15, 0.2) is 34.8 Å². The van der Waals surface area contributed by atoms with Gasteiger partial charge in [-0.05, 0) is 37.6 Å². The van der Waals surface area contributed by atoms with Gasteiger partial charge in [-0.3, -0.25) is 0 Å². The van der Waals surface area contributed by atoms with E-state index in [0.29, 0.717) is 5.92 Å². The monoisotopic (exact) mass is 333 g/mol. The van der Waals surface area contributed by atoms with Gasteiger partial charge in [-0.25, -0.2) is 9.97 Å². The van der Waals surface area contributed by atoms with E-state index in [1.54, 1.807) is 0 Å². The van der Waals surface area contributed by atoms with E-state index in [4.69, 9.17) is 0 Å². The average molecular weight is 334 g/mol. The molecule has 2 aromatic rings. The van der Waals surface area contributed by atoms with Gasteiger partial charge in [0.1, 0.15) is 0 Å². The molecule has 1 heterocycles. The van der Waals surface area contributed by atoms with Gasteiger partial charge < -0.3 is 5.32 Å². The third-order valence-electron chi connectivity index (χ3n) is 2.87. The van der Waals surface area contributed by atoms with Gasteiger partial charge in [-0.1, -0.05) is 41.9 Å². The number of benzene rings is 1. The third-order valence-corrected chi connectivity index (χ3v) is 3.40. The minimum atomic E-state index is 0.642. The summed E-state index contributed by atoms with van der Waals surface area (Å²) in [7, 11) is 0. The minimum Gasteiger partial charge on any atom is -0.311 e. The second-order valence-electron chi connectivity index (χ2n) is 5.36. The van der Waals surface area contributed by atoms with E-state index in [1.165, 1.54) is 0 Å². The molecule has 0 bridgehead atoms. The molecule has 0 amide bonds. The smallest absolute Gasteiger partial charge is 0.159 e. The van der Waals surface area contributed by atoms with E-state index in [-0.39, 0.29) is 0 Å². The maximum absolute atomic E-state index is 4.64. The molecular formula is C16H20BrN3. The first kappa shape index (κ1) is 15.1. The van der Waals surface area contributed by atoms with Crippen LogP contribution in [0.4, 0.5) is 0 Å². The summed E-state index contributed by atoms with van der Waals surface area (Å²) < 4.78 is 1.06. The first-order valence-electron chi connectivity index (χ1n) is 6.86. The number of hydrogen-bond donors (Lipinski definition) is 1. The zero-order chi connectivity index (χ0) is 14.5. The zero-order valence-corrected chi connectivity index (χ0v) is 13.7. The van der Waals surface area contributed by atoms with Crippen LogP contribution in [0, 0.1) is 12.8 Å². The molecule has 0 saturated heterocycles. The average Bonchev–Trinajstić information content (AvgIpc) is 2.38. The molecule has 0 aliphatic heterocycles.